The predicted octanol–water partition coefficient (Wildman–Crippen LogP) is 2.06. The van der Waals surface area contributed by atoms with Gasteiger partial charge in [-0.3, -0.25) is 4.52 Å². The van der Waals surface area contributed by atoms with Gasteiger partial charge in [-0.15, -0.1) is 0 Å². The molecule has 0 aliphatic carbocycles. The summed E-state index contributed by atoms with van der Waals surface area (Å²) in [6.07, 6.45) is -8.75. The summed E-state index contributed by atoms with van der Waals surface area (Å²) in [6, 6.07) is 0. The summed E-state index contributed by atoms with van der Waals surface area (Å²) < 4.78 is 47.1. The molecule has 0 fully saturated rings. The highest BCUT2D eigenvalue weighted by molar-refractivity contribution is 9.39. The molecule has 1 atom stereocenters. The molecule has 0 spiro atoms. The van der Waals surface area contributed by atoms with Gasteiger partial charge in [0.15, 0.2) is 6.61 Å². The first-order valence-electron chi connectivity index (χ1n) is 1.94. The zero-order valence-electron chi connectivity index (χ0n) is 4.43. The molecule has 0 radical (unpaired) electrons. The molecule has 0 bridgehead atoms. The van der Waals surface area contributed by atoms with Gasteiger partial charge in [0.1, 0.15) is 0 Å². The van der Waals surface area contributed by atoms with Crippen LogP contribution in [0.3, 0.4) is 0 Å². The van der Waals surface area contributed by atoms with Gasteiger partial charge in [0.2, 0.25) is 0 Å². The Balaban J connectivity index is 3.67. The average Bonchev–Trinajstić information content (AvgIpc) is 1.57. The third-order valence-corrected chi connectivity index (χ3v) is 1.45. The van der Waals surface area contributed by atoms with Crippen LogP contribution in [0.15, 0.2) is 0 Å². The Kier molecular flexibility index (Phi) is 3.35. The van der Waals surface area contributed by atoms with Crippen molar-refractivity contribution in [1.29, 1.82) is 0 Å². The summed E-state index contributed by atoms with van der Waals surface area (Å²) in [7, 11) is 0. The van der Waals surface area contributed by atoms with Crippen LogP contribution in [0.1, 0.15) is 0 Å². The minimum Gasteiger partial charge on any atom is -0.316 e. The van der Waals surface area contributed by atoms with Crippen LogP contribution in [-0.2, 0) is 9.09 Å². The molecule has 0 aromatic heterocycles. The topological polar surface area (TPSA) is 46.5 Å². The summed E-state index contributed by atoms with van der Waals surface area (Å²) in [5.74, 6) is 0. The molecule has 0 amide bonds. The molecule has 0 rings (SSSR count). The van der Waals surface area contributed by atoms with Gasteiger partial charge in [0.05, 0.1) is 0 Å². The molecule has 10 heavy (non-hydrogen) atoms. The van der Waals surface area contributed by atoms with Crippen LogP contribution in [0.5, 0.6) is 0 Å². The van der Waals surface area contributed by atoms with Crippen LogP contribution >= 0.6 is 21.8 Å². The van der Waals surface area contributed by atoms with Crippen LogP contribution in [0.4, 0.5) is 13.2 Å². The summed E-state index contributed by atoms with van der Waals surface area (Å²) in [5, 5.41) is 0. The van der Waals surface area contributed by atoms with Crippen molar-refractivity contribution in [3.8, 4) is 0 Å². The van der Waals surface area contributed by atoms with Gasteiger partial charge in [-0.25, -0.2) is 4.57 Å². The first-order chi connectivity index (χ1) is 4.21. The van der Waals surface area contributed by atoms with E-state index in [1.807, 2.05) is 15.5 Å². The first-order valence-corrected chi connectivity index (χ1v) is 5.54. The summed E-state index contributed by atoms with van der Waals surface area (Å²) in [4.78, 5) is 8.13. The Bertz CT molecular complexity index is 150. The van der Waals surface area contributed by atoms with E-state index in [1.54, 1.807) is 0 Å². The Hall–Kier alpha value is 0.420. The molecule has 3 nitrogen and oxygen atoms in total. The maximum atomic E-state index is 11.2. The zero-order valence-corrected chi connectivity index (χ0v) is 6.91. The lowest BCUT2D eigenvalue weighted by molar-refractivity contribution is -0.154. The monoisotopic (exact) mass is 242 g/mol. The van der Waals surface area contributed by atoms with Gasteiger partial charge in [-0.2, -0.15) is 13.2 Å². The molecular weight excluding hydrogens is 240 g/mol. The van der Waals surface area contributed by atoms with Crippen LogP contribution < -0.4 is 0 Å². The fraction of sp³-hybridized carbons (Fsp3) is 1.00. The van der Waals surface area contributed by atoms with E-state index in [-0.39, 0.29) is 0 Å². The minimum atomic E-state index is -4.58. The molecular formula is C2H3BrF3O3P. The van der Waals surface area contributed by atoms with E-state index < -0.39 is 19.1 Å². The second-order valence-electron chi connectivity index (χ2n) is 1.34. The van der Waals surface area contributed by atoms with Crippen molar-refractivity contribution in [1.82, 2.24) is 0 Å². The van der Waals surface area contributed by atoms with Gasteiger partial charge in [-0.1, -0.05) is 0 Å². The van der Waals surface area contributed by atoms with Gasteiger partial charge in [0, 0.05) is 15.5 Å². The second kappa shape index (κ2) is 3.21. The normalized spacial score (nSPS) is 18.5. The Morgan fingerprint density at radius 3 is 2.10 bits per heavy atom. The largest absolute Gasteiger partial charge is 0.412 e. The number of alkyl halides is 3. The Morgan fingerprint density at radius 1 is 1.60 bits per heavy atom. The molecule has 8 heteroatoms. The molecule has 0 aliphatic rings. The maximum Gasteiger partial charge on any atom is 0.412 e. The predicted molar refractivity (Wildman–Crippen MR) is 30.8 cm³/mol. The summed E-state index contributed by atoms with van der Waals surface area (Å²) >= 11 is 2.02. The van der Waals surface area contributed by atoms with Gasteiger partial charge >= 0.3 is 12.5 Å². The Morgan fingerprint density at radius 2 is 2.00 bits per heavy atom. The van der Waals surface area contributed by atoms with Crippen molar-refractivity contribution < 1.29 is 27.2 Å². The van der Waals surface area contributed by atoms with Crippen molar-refractivity contribution >= 4 is 21.8 Å². The number of hydrogen-bond donors (Lipinski definition) is 1. The minimum absolute atomic E-state index is 1.73. The number of hydrogen-bond acceptors (Lipinski definition) is 2. The third kappa shape index (κ3) is 8.42. The summed E-state index contributed by atoms with van der Waals surface area (Å²) in [6.45, 7) is -1.73. The van der Waals surface area contributed by atoms with E-state index in [4.69, 9.17) is 4.89 Å². The highest BCUT2D eigenvalue weighted by Crippen LogP contribution is 2.51. The molecule has 0 heterocycles. The fourth-order valence-corrected chi connectivity index (χ4v) is 0.766. The molecule has 62 valence electrons. The smallest absolute Gasteiger partial charge is 0.316 e. The van der Waals surface area contributed by atoms with Crippen LogP contribution in [-0.4, -0.2) is 17.7 Å². The van der Waals surface area contributed by atoms with Crippen LogP contribution in [0, 0.1) is 0 Å². The van der Waals surface area contributed by atoms with Gasteiger partial charge in [-0.05, 0) is 0 Å². The van der Waals surface area contributed by atoms with Gasteiger partial charge in [0.25, 0.3) is 0 Å². The molecule has 0 saturated heterocycles. The lowest BCUT2D eigenvalue weighted by atomic mass is 10.7. The Labute approximate surface area is 62.5 Å². The van der Waals surface area contributed by atoms with Gasteiger partial charge < -0.3 is 4.89 Å². The second-order valence-corrected chi connectivity index (χ2v) is 5.19. The quantitative estimate of drug-likeness (QED) is 0.755. The molecule has 0 aliphatic heterocycles. The summed E-state index contributed by atoms with van der Waals surface area (Å²) in [5.41, 5.74) is 0. The molecule has 0 aromatic rings. The van der Waals surface area contributed by atoms with Crippen molar-refractivity contribution in [3.05, 3.63) is 0 Å². The lowest BCUT2D eigenvalue weighted by Crippen LogP contribution is -2.14. The van der Waals surface area contributed by atoms with Crippen molar-refractivity contribution in [2.75, 3.05) is 6.61 Å². The molecule has 1 N–H and O–H groups in total. The van der Waals surface area contributed by atoms with Crippen molar-refractivity contribution in [2.45, 2.75) is 6.18 Å². The van der Waals surface area contributed by atoms with E-state index in [0.717, 1.165) is 0 Å². The zero-order chi connectivity index (χ0) is 8.41. The molecule has 0 saturated carbocycles. The highest BCUT2D eigenvalue weighted by Gasteiger charge is 2.31. The van der Waals surface area contributed by atoms with E-state index in [0.29, 0.717) is 0 Å². The third-order valence-electron chi connectivity index (χ3n) is 0.387. The van der Waals surface area contributed by atoms with Crippen LogP contribution in [0.2, 0.25) is 0 Å². The van der Waals surface area contributed by atoms with E-state index in [2.05, 4.69) is 4.52 Å². The average molecular weight is 243 g/mol. The SMILES string of the molecule is O=P(O)(Br)OCC(F)(F)F. The highest BCUT2D eigenvalue weighted by atomic mass is 79.9. The molecule has 0 aromatic carbocycles. The van der Waals surface area contributed by atoms with E-state index in [9.17, 15) is 17.7 Å². The maximum absolute atomic E-state index is 11.2. The lowest BCUT2D eigenvalue weighted by Gasteiger charge is -2.07. The molecule has 1 unspecified atom stereocenters. The van der Waals surface area contributed by atoms with Crippen LogP contribution in [0.25, 0.3) is 0 Å². The fourth-order valence-electron chi connectivity index (χ4n) is 0.153. The van der Waals surface area contributed by atoms with E-state index >= 15 is 0 Å². The van der Waals surface area contributed by atoms with E-state index in [1.165, 1.54) is 0 Å². The number of rotatable bonds is 2. The number of halogens is 4. The standard InChI is InChI=1S/C2H3BrF3O3P/c3-10(7,8)9-1-2(4,5)6/h1H2,(H,7,8). The van der Waals surface area contributed by atoms with Crippen molar-refractivity contribution in [2.24, 2.45) is 0 Å². The van der Waals surface area contributed by atoms with Crippen molar-refractivity contribution in [3.63, 3.8) is 0 Å². The first kappa shape index (κ1) is 10.4.